The predicted octanol–water partition coefficient (Wildman–Crippen LogP) is 0.962. The molecule has 6 nitrogen and oxygen atoms in total. The summed E-state index contributed by atoms with van der Waals surface area (Å²) in [6.07, 6.45) is 1.34. The molecule has 1 aromatic carbocycles. The number of imidazole rings is 1. The van der Waals surface area contributed by atoms with E-state index in [-0.39, 0.29) is 23.2 Å². The van der Waals surface area contributed by atoms with E-state index in [0.717, 1.165) is 4.31 Å². The Morgan fingerprint density at radius 3 is 2.45 bits per heavy atom. The molecule has 0 unspecified atom stereocenters. The summed E-state index contributed by atoms with van der Waals surface area (Å²) in [5, 5.41) is -0.0536. The Morgan fingerprint density at radius 1 is 1.35 bits per heavy atom. The van der Waals surface area contributed by atoms with Crippen LogP contribution in [0.25, 0.3) is 0 Å². The summed E-state index contributed by atoms with van der Waals surface area (Å²) in [7, 11) is -0.757. The molecule has 0 radical (unpaired) electrons. The lowest BCUT2D eigenvalue weighted by molar-refractivity contribution is 0.460. The van der Waals surface area contributed by atoms with Crippen LogP contribution in [0.5, 0.6) is 0 Å². The van der Waals surface area contributed by atoms with Gasteiger partial charge in [-0.15, -0.1) is 0 Å². The van der Waals surface area contributed by atoms with Crippen LogP contribution in [-0.4, -0.2) is 29.3 Å². The largest absolute Gasteiger partial charge is 0.381 e. The predicted molar refractivity (Wildman–Crippen MR) is 72.7 cm³/mol. The summed E-state index contributed by atoms with van der Waals surface area (Å²) in [6, 6.07) is 5.64. The maximum Gasteiger partial charge on any atom is 0.262 e. The van der Waals surface area contributed by atoms with Crippen molar-refractivity contribution in [3.05, 3.63) is 42.0 Å². The normalized spacial score (nSPS) is 12.0. The quantitative estimate of drug-likeness (QED) is 0.911. The molecule has 2 rings (SSSR count). The second-order valence-corrected chi connectivity index (χ2v) is 6.39. The number of hydrogen-bond acceptors (Lipinski definition) is 4. The van der Waals surface area contributed by atoms with Crippen molar-refractivity contribution in [2.45, 2.75) is 11.6 Å². The molecule has 0 aliphatic rings. The van der Waals surface area contributed by atoms with Gasteiger partial charge in [0.25, 0.3) is 10.0 Å². The lowest BCUT2D eigenvalue weighted by Gasteiger charge is -2.17. The molecule has 0 fully saturated rings. The van der Waals surface area contributed by atoms with E-state index in [1.807, 2.05) is 0 Å². The first-order chi connectivity index (χ1) is 9.32. The summed E-state index contributed by atoms with van der Waals surface area (Å²) in [5.41, 5.74) is 6.27. The van der Waals surface area contributed by atoms with Gasteiger partial charge >= 0.3 is 0 Å². The highest BCUT2D eigenvalue weighted by Crippen LogP contribution is 2.21. The Morgan fingerprint density at radius 2 is 1.95 bits per heavy atom. The van der Waals surface area contributed by atoms with Crippen molar-refractivity contribution in [2.24, 2.45) is 7.05 Å². The number of benzene rings is 1. The molecule has 0 aliphatic heterocycles. The van der Waals surface area contributed by atoms with Crippen LogP contribution < -0.4 is 5.73 Å². The van der Waals surface area contributed by atoms with E-state index >= 15 is 0 Å². The lowest BCUT2D eigenvalue weighted by atomic mass is 10.2. The second kappa shape index (κ2) is 5.22. The van der Waals surface area contributed by atoms with Gasteiger partial charge in [-0.3, -0.25) is 0 Å². The number of aromatic nitrogens is 2. The van der Waals surface area contributed by atoms with Crippen molar-refractivity contribution in [3.63, 3.8) is 0 Å². The number of hydrogen-bond donors (Lipinski definition) is 1. The molecular formula is C12H15FN4O2S. The Labute approximate surface area is 116 Å². The minimum Gasteiger partial charge on any atom is -0.381 e. The van der Waals surface area contributed by atoms with Gasteiger partial charge in [-0.1, -0.05) is 12.1 Å². The molecule has 0 amide bonds. The monoisotopic (exact) mass is 298 g/mol. The van der Waals surface area contributed by atoms with Gasteiger partial charge in [0.05, 0.1) is 6.33 Å². The van der Waals surface area contributed by atoms with Crippen LogP contribution in [0.4, 0.5) is 10.2 Å². The molecule has 1 aromatic heterocycles. The number of sulfonamides is 1. The number of nitrogens with zero attached hydrogens (tertiary/aromatic N) is 3. The van der Waals surface area contributed by atoms with E-state index in [1.54, 1.807) is 7.05 Å². The summed E-state index contributed by atoms with van der Waals surface area (Å²) < 4.78 is 40.2. The first-order valence-corrected chi connectivity index (χ1v) is 7.24. The number of nitrogen functional groups attached to an aromatic ring is 1. The fourth-order valence-corrected chi connectivity index (χ4v) is 3.17. The zero-order valence-corrected chi connectivity index (χ0v) is 11.9. The SMILES string of the molecule is CN(Cc1ccc(F)cc1)S(=O)(=O)c1c(N)ncn1C. The Hall–Kier alpha value is -1.93. The summed E-state index contributed by atoms with van der Waals surface area (Å²) in [4.78, 5) is 3.77. The first-order valence-electron chi connectivity index (χ1n) is 5.80. The van der Waals surface area contributed by atoms with Crippen molar-refractivity contribution in [1.29, 1.82) is 0 Å². The summed E-state index contributed by atoms with van der Waals surface area (Å²) in [5.74, 6) is -0.409. The van der Waals surface area contributed by atoms with E-state index in [4.69, 9.17) is 5.73 Å². The highest BCUT2D eigenvalue weighted by molar-refractivity contribution is 7.89. The molecule has 1 heterocycles. The fourth-order valence-electron chi connectivity index (χ4n) is 1.83. The van der Waals surface area contributed by atoms with Gasteiger partial charge in [-0.05, 0) is 17.7 Å². The highest BCUT2D eigenvalue weighted by Gasteiger charge is 2.27. The summed E-state index contributed by atoms with van der Waals surface area (Å²) in [6.45, 7) is 0.118. The van der Waals surface area contributed by atoms with Crippen molar-refractivity contribution >= 4 is 15.8 Å². The van der Waals surface area contributed by atoms with Gasteiger partial charge < -0.3 is 10.3 Å². The molecular weight excluding hydrogens is 283 g/mol. The van der Waals surface area contributed by atoms with Gasteiger partial charge in [0.15, 0.2) is 10.8 Å². The Bertz CT molecular complexity index is 690. The van der Waals surface area contributed by atoms with E-state index in [1.165, 1.54) is 42.2 Å². The third-order valence-corrected chi connectivity index (χ3v) is 4.82. The van der Waals surface area contributed by atoms with Gasteiger partial charge in [0.2, 0.25) is 0 Å². The number of aryl methyl sites for hydroxylation is 1. The van der Waals surface area contributed by atoms with E-state index in [2.05, 4.69) is 4.98 Å². The molecule has 0 bridgehead atoms. The molecule has 2 N–H and O–H groups in total. The molecule has 2 aromatic rings. The maximum absolute atomic E-state index is 12.8. The van der Waals surface area contributed by atoms with Crippen LogP contribution in [-0.2, 0) is 23.6 Å². The third-order valence-electron chi connectivity index (χ3n) is 2.88. The van der Waals surface area contributed by atoms with Crippen molar-refractivity contribution in [1.82, 2.24) is 13.9 Å². The van der Waals surface area contributed by atoms with Crippen LogP contribution in [0.2, 0.25) is 0 Å². The molecule has 0 atom stereocenters. The van der Waals surface area contributed by atoms with Crippen molar-refractivity contribution in [2.75, 3.05) is 12.8 Å². The molecule has 20 heavy (non-hydrogen) atoms. The zero-order chi connectivity index (χ0) is 14.9. The van der Waals surface area contributed by atoms with Crippen LogP contribution in [0, 0.1) is 5.82 Å². The molecule has 0 spiro atoms. The third kappa shape index (κ3) is 2.66. The van der Waals surface area contributed by atoms with E-state index in [9.17, 15) is 12.8 Å². The minimum atomic E-state index is -3.75. The average molecular weight is 298 g/mol. The van der Waals surface area contributed by atoms with Crippen LogP contribution in [0.1, 0.15) is 5.56 Å². The van der Waals surface area contributed by atoms with Gasteiger partial charge in [0, 0.05) is 20.6 Å². The molecule has 8 heteroatoms. The average Bonchev–Trinajstić information content (AvgIpc) is 2.72. The smallest absolute Gasteiger partial charge is 0.262 e. The lowest BCUT2D eigenvalue weighted by Crippen LogP contribution is -2.28. The van der Waals surface area contributed by atoms with Crippen LogP contribution in [0.15, 0.2) is 35.6 Å². The first kappa shape index (κ1) is 14.5. The highest BCUT2D eigenvalue weighted by atomic mass is 32.2. The standard InChI is InChI=1S/C12H15FN4O2S/c1-16-8-15-11(14)12(16)20(18,19)17(2)7-9-3-5-10(13)6-4-9/h3-6,8H,7,14H2,1-2H3. The summed E-state index contributed by atoms with van der Waals surface area (Å²) >= 11 is 0. The number of nitrogens with two attached hydrogens (primary N) is 1. The maximum atomic E-state index is 12.8. The molecule has 0 aliphatic carbocycles. The number of halogens is 1. The fraction of sp³-hybridized carbons (Fsp3) is 0.250. The number of anilines is 1. The van der Waals surface area contributed by atoms with E-state index < -0.39 is 10.0 Å². The van der Waals surface area contributed by atoms with Crippen molar-refractivity contribution in [3.8, 4) is 0 Å². The van der Waals surface area contributed by atoms with Gasteiger partial charge in [-0.2, -0.15) is 4.31 Å². The number of rotatable bonds is 4. The Balaban J connectivity index is 2.28. The topological polar surface area (TPSA) is 81.2 Å². The van der Waals surface area contributed by atoms with E-state index in [0.29, 0.717) is 5.56 Å². The van der Waals surface area contributed by atoms with Gasteiger partial charge in [0.1, 0.15) is 5.82 Å². The van der Waals surface area contributed by atoms with Crippen LogP contribution in [0.3, 0.4) is 0 Å². The second-order valence-electron chi connectivity index (χ2n) is 4.43. The van der Waals surface area contributed by atoms with Gasteiger partial charge in [-0.25, -0.2) is 17.8 Å². The molecule has 108 valence electrons. The zero-order valence-electron chi connectivity index (χ0n) is 11.1. The molecule has 0 saturated carbocycles. The minimum absolute atomic E-state index is 0.0431. The Kier molecular flexibility index (Phi) is 3.78. The molecule has 0 saturated heterocycles. The van der Waals surface area contributed by atoms with Crippen LogP contribution >= 0.6 is 0 Å². The van der Waals surface area contributed by atoms with Crippen molar-refractivity contribution < 1.29 is 12.8 Å².